The topological polar surface area (TPSA) is 59.7 Å². The summed E-state index contributed by atoms with van der Waals surface area (Å²) in [5.41, 5.74) is 3.49. The quantitative estimate of drug-likeness (QED) is 0.340. The van der Waals surface area contributed by atoms with E-state index in [1.165, 1.54) is 4.70 Å². The first kappa shape index (κ1) is 20.9. The second-order valence-electron chi connectivity index (χ2n) is 8.62. The number of imidazole rings is 1. The normalized spacial score (nSPS) is 16.2. The predicted molar refractivity (Wildman–Crippen MR) is 133 cm³/mol. The van der Waals surface area contributed by atoms with E-state index < -0.39 is 0 Å². The molecule has 0 N–H and O–H groups in total. The van der Waals surface area contributed by atoms with E-state index in [-0.39, 0.29) is 5.91 Å². The Hall–Kier alpha value is -3.71. The first-order valence-electron chi connectivity index (χ1n) is 11.5. The molecular weight excluding hydrogens is 444 g/mol. The molecule has 6 rings (SSSR count). The summed E-state index contributed by atoms with van der Waals surface area (Å²) in [5, 5.41) is 1.13. The molecule has 34 heavy (non-hydrogen) atoms. The number of likely N-dealkylation sites (tertiary alicyclic amines) is 1. The summed E-state index contributed by atoms with van der Waals surface area (Å²) in [5.74, 6) is 1.08. The van der Waals surface area contributed by atoms with E-state index in [9.17, 15) is 4.79 Å². The van der Waals surface area contributed by atoms with Gasteiger partial charge in [-0.15, -0.1) is 11.3 Å². The highest BCUT2D eigenvalue weighted by Crippen LogP contribution is 2.33. The Balaban J connectivity index is 1.10. The van der Waals surface area contributed by atoms with Crippen molar-refractivity contribution in [3.63, 3.8) is 0 Å². The maximum absolute atomic E-state index is 13.2. The number of hydrogen-bond donors (Lipinski definition) is 0. The molecule has 2 aromatic carbocycles. The summed E-state index contributed by atoms with van der Waals surface area (Å²) >= 11 is 1.75. The van der Waals surface area contributed by atoms with Crippen molar-refractivity contribution in [2.24, 2.45) is 0 Å². The molecule has 1 fully saturated rings. The van der Waals surface area contributed by atoms with E-state index in [1.807, 2.05) is 76.3 Å². The highest BCUT2D eigenvalue weighted by molar-refractivity contribution is 7.18. The van der Waals surface area contributed by atoms with Gasteiger partial charge in [0, 0.05) is 37.0 Å². The van der Waals surface area contributed by atoms with Crippen molar-refractivity contribution < 1.29 is 9.53 Å². The Morgan fingerprint density at radius 1 is 1.03 bits per heavy atom. The van der Waals surface area contributed by atoms with Crippen molar-refractivity contribution in [2.75, 3.05) is 13.1 Å². The lowest BCUT2D eigenvalue weighted by molar-refractivity contribution is 0.0707. The lowest BCUT2D eigenvalue weighted by Crippen LogP contribution is -2.39. The number of aromatic nitrogens is 3. The van der Waals surface area contributed by atoms with Crippen LogP contribution in [0.1, 0.15) is 39.8 Å². The van der Waals surface area contributed by atoms with E-state index >= 15 is 0 Å². The zero-order valence-corrected chi connectivity index (χ0v) is 19.4. The molecule has 1 amide bonds. The van der Waals surface area contributed by atoms with Crippen molar-refractivity contribution in [3.8, 4) is 5.75 Å². The van der Waals surface area contributed by atoms with Crippen LogP contribution >= 0.6 is 11.3 Å². The lowest BCUT2D eigenvalue weighted by atomic mass is 9.98. The fraction of sp³-hybridized carbons (Fsp3) is 0.222. The number of pyridine rings is 1. The number of fused-ring (bicyclic) bond motifs is 2. The molecule has 7 heteroatoms. The summed E-state index contributed by atoms with van der Waals surface area (Å²) in [6, 6.07) is 21.6. The van der Waals surface area contributed by atoms with Gasteiger partial charge in [0.25, 0.3) is 5.91 Å². The molecule has 0 radical (unpaired) electrons. The average molecular weight is 469 g/mol. The van der Waals surface area contributed by atoms with Crippen LogP contribution in [0.15, 0.2) is 79.1 Å². The maximum Gasteiger partial charge on any atom is 0.253 e. The number of ether oxygens (including phenoxy) is 1. The van der Waals surface area contributed by atoms with Crippen LogP contribution in [0.3, 0.4) is 0 Å². The number of rotatable bonds is 5. The molecule has 1 unspecified atom stereocenters. The molecule has 1 atom stereocenters. The van der Waals surface area contributed by atoms with Crippen molar-refractivity contribution in [1.82, 2.24) is 19.3 Å². The second-order valence-corrected chi connectivity index (χ2v) is 9.68. The predicted octanol–water partition coefficient (Wildman–Crippen LogP) is 5.54. The highest BCUT2D eigenvalue weighted by atomic mass is 32.1. The Bertz CT molecular complexity index is 1390. The fourth-order valence-corrected chi connectivity index (χ4v) is 5.61. The third kappa shape index (κ3) is 4.15. The first-order chi connectivity index (χ1) is 16.7. The minimum absolute atomic E-state index is 0.0673. The fourth-order valence-electron chi connectivity index (χ4n) is 4.52. The van der Waals surface area contributed by atoms with Crippen LogP contribution in [0.5, 0.6) is 5.75 Å². The molecule has 1 saturated heterocycles. The molecule has 0 bridgehead atoms. The zero-order chi connectivity index (χ0) is 22.9. The number of benzene rings is 2. The highest BCUT2D eigenvalue weighted by Gasteiger charge is 2.27. The Labute approximate surface area is 201 Å². The summed E-state index contributed by atoms with van der Waals surface area (Å²) < 4.78 is 9.08. The smallest absolute Gasteiger partial charge is 0.253 e. The summed E-state index contributed by atoms with van der Waals surface area (Å²) in [6.07, 6.45) is 5.99. The minimum atomic E-state index is 0.0673. The molecule has 5 aromatic rings. The van der Waals surface area contributed by atoms with E-state index in [2.05, 4.69) is 17.1 Å². The van der Waals surface area contributed by atoms with E-state index in [1.54, 1.807) is 11.3 Å². The SMILES string of the molecule is O=C(c1ccc(OCc2cn3ccccc3n2)cc1)N1CCCC(c2nc3ccccc3s2)C1. The zero-order valence-electron chi connectivity index (χ0n) is 18.6. The molecule has 6 nitrogen and oxygen atoms in total. The van der Waals surface area contributed by atoms with Gasteiger partial charge in [0.1, 0.15) is 18.0 Å². The summed E-state index contributed by atoms with van der Waals surface area (Å²) in [4.78, 5) is 24.5. The van der Waals surface area contributed by atoms with Crippen LogP contribution in [0.4, 0.5) is 0 Å². The van der Waals surface area contributed by atoms with Crippen molar-refractivity contribution in [2.45, 2.75) is 25.4 Å². The Morgan fingerprint density at radius 3 is 2.74 bits per heavy atom. The number of carbonyl (C=O) groups excluding carboxylic acids is 1. The van der Waals surface area contributed by atoms with Gasteiger partial charge in [0.2, 0.25) is 0 Å². The third-order valence-electron chi connectivity index (χ3n) is 6.27. The maximum atomic E-state index is 13.2. The number of thiazole rings is 1. The molecule has 4 heterocycles. The van der Waals surface area contributed by atoms with Gasteiger partial charge in [-0.3, -0.25) is 4.79 Å². The number of amides is 1. The molecule has 0 spiro atoms. The van der Waals surface area contributed by atoms with E-state index in [4.69, 9.17) is 9.72 Å². The lowest BCUT2D eigenvalue weighted by Gasteiger charge is -2.32. The molecule has 1 aliphatic heterocycles. The number of para-hydroxylation sites is 1. The van der Waals surface area contributed by atoms with Crippen LogP contribution in [-0.2, 0) is 6.61 Å². The minimum Gasteiger partial charge on any atom is -0.487 e. The molecule has 0 aliphatic carbocycles. The molecule has 1 aliphatic rings. The molecular formula is C27H24N4O2S. The first-order valence-corrected chi connectivity index (χ1v) is 12.3. The number of piperidine rings is 1. The van der Waals surface area contributed by atoms with Crippen LogP contribution in [0, 0.1) is 0 Å². The van der Waals surface area contributed by atoms with Crippen LogP contribution in [0.2, 0.25) is 0 Å². The van der Waals surface area contributed by atoms with Gasteiger partial charge in [0.05, 0.1) is 20.9 Å². The molecule has 0 saturated carbocycles. The van der Waals surface area contributed by atoms with Gasteiger partial charge >= 0.3 is 0 Å². The van der Waals surface area contributed by atoms with Crippen molar-refractivity contribution in [1.29, 1.82) is 0 Å². The second kappa shape index (κ2) is 8.91. The van der Waals surface area contributed by atoms with Gasteiger partial charge < -0.3 is 14.0 Å². The van der Waals surface area contributed by atoms with E-state index in [0.29, 0.717) is 24.6 Å². The monoisotopic (exact) mass is 468 g/mol. The molecule has 3 aromatic heterocycles. The Kier molecular flexibility index (Phi) is 5.47. The van der Waals surface area contributed by atoms with Gasteiger partial charge in [-0.2, -0.15) is 0 Å². The standard InChI is InChI=1S/C27H24N4O2S/c32-27(31-15-5-6-20(16-31)26-29-23-7-1-2-8-24(23)34-26)19-10-12-22(13-11-19)33-18-21-17-30-14-4-3-9-25(30)28-21/h1-4,7-14,17,20H,5-6,15-16,18H2. The largest absolute Gasteiger partial charge is 0.487 e. The summed E-state index contributed by atoms with van der Waals surface area (Å²) in [7, 11) is 0. The number of carbonyl (C=O) groups is 1. The van der Waals surface area contributed by atoms with Gasteiger partial charge in [0.15, 0.2) is 0 Å². The van der Waals surface area contributed by atoms with Crippen LogP contribution in [0.25, 0.3) is 15.9 Å². The van der Waals surface area contributed by atoms with E-state index in [0.717, 1.165) is 47.0 Å². The number of nitrogens with zero attached hydrogens (tertiary/aromatic N) is 4. The van der Waals surface area contributed by atoms with Crippen molar-refractivity contribution in [3.05, 3.63) is 95.4 Å². The van der Waals surface area contributed by atoms with Crippen LogP contribution < -0.4 is 4.74 Å². The number of hydrogen-bond acceptors (Lipinski definition) is 5. The van der Waals surface area contributed by atoms with Crippen molar-refractivity contribution >= 4 is 33.1 Å². The Morgan fingerprint density at radius 2 is 1.88 bits per heavy atom. The molecule has 170 valence electrons. The summed E-state index contributed by atoms with van der Waals surface area (Å²) in [6.45, 7) is 1.88. The van der Waals surface area contributed by atoms with Crippen LogP contribution in [-0.4, -0.2) is 38.3 Å². The van der Waals surface area contributed by atoms with Gasteiger partial charge in [-0.1, -0.05) is 18.2 Å². The van der Waals surface area contributed by atoms with Gasteiger partial charge in [-0.05, 0) is 61.4 Å². The average Bonchev–Trinajstić information content (AvgIpc) is 3.51. The van der Waals surface area contributed by atoms with Gasteiger partial charge in [-0.25, -0.2) is 9.97 Å². The third-order valence-corrected chi connectivity index (χ3v) is 7.47.